The number of nitrogens with zero attached hydrogens (tertiary/aromatic N) is 1. The second-order valence-corrected chi connectivity index (χ2v) is 6.11. The average molecular weight is 324 g/mol. The van der Waals surface area contributed by atoms with Crippen molar-refractivity contribution in [3.8, 4) is 0 Å². The molecule has 0 saturated heterocycles. The van der Waals surface area contributed by atoms with Gasteiger partial charge < -0.3 is 5.21 Å². The number of pyridine rings is 1. The Kier molecular flexibility index (Phi) is 2.35. The molecule has 120 valence electrons. The van der Waals surface area contributed by atoms with E-state index >= 15 is 0 Å². The number of imide groups is 1. The van der Waals surface area contributed by atoms with Gasteiger partial charge in [0.1, 0.15) is 10.9 Å². The van der Waals surface area contributed by atoms with Crippen LogP contribution in [-0.4, -0.2) is 22.0 Å². The number of rotatable bonds is 1. The van der Waals surface area contributed by atoms with Crippen LogP contribution in [0.4, 0.5) is 5.69 Å². The van der Waals surface area contributed by atoms with Gasteiger partial charge in [0, 0.05) is 11.6 Å². The highest BCUT2D eigenvalue weighted by atomic mass is 16.5. The van der Waals surface area contributed by atoms with Crippen LogP contribution >= 0.6 is 0 Å². The molecule has 0 fully saturated rings. The first-order valence-electron chi connectivity index (χ1n) is 7.63. The topological polar surface area (TPSA) is 121 Å². The summed E-state index contributed by atoms with van der Waals surface area (Å²) in [7, 11) is 0. The van der Waals surface area contributed by atoms with Crippen molar-refractivity contribution in [2.45, 2.75) is 19.3 Å². The average Bonchev–Trinajstić information content (AvgIpc) is 3.23. The number of aryl methyl sites for hydroxylation is 1. The highest BCUT2D eigenvalue weighted by Crippen LogP contribution is 2.42. The molecule has 24 heavy (non-hydrogen) atoms. The van der Waals surface area contributed by atoms with Crippen molar-refractivity contribution in [1.82, 2.24) is 10.3 Å². The van der Waals surface area contributed by atoms with Gasteiger partial charge in [-0.1, -0.05) is 0 Å². The SMILES string of the molecule is O=C1NC(=O)c2c1c1c(c3[nH]c4c(c(NO)cc[n+]4[O-])c23)CCC1. The van der Waals surface area contributed by atoms with Crippen LogP contribution in [0.5, 0.6) is 0 Å². The molecule has 0 saturated carbocycles. The highest BCUT2D eigenvalue weighted by Gasteiger charge is 2.38. The third kappa shape index (κ3) is 1.39. The Labute approximate surface area is 134 Å². The lowest BCUT2D eigenvalue weighted by molar-refractivity contribution is -0.578. The molecule has 0 atom stereocenters. The summed E-state index contributed by atoms with van der Waals surface area (Å²) in [6.45, 7) is 0. The number of fused-ring (bicyclic) bond motifs is 8. The van der Waals surface area contributed by atoms with E-state index in [4.69, 9.17) is 0 Å². The van der Waals surface area contributed by atoms with E-state index < -0.39 is 11.8 Å². The molecular weight excluding hydrogens is 312 g/mol. The van der Waals surface area contributed by atoms with Crippen LogP contribution in [0, 0.1) is 5.21 Å². The zero-order chi connectivity index (χ0) is 16.6. The predicted octanol–water partition coefficient (Wildman–Crippen LogP) is 1.13. The smallest absolute Gasteiger partial charge is 0.292 e. The van der Waals surface area contributed by atoms with E-state index in [1.54, 1.807) is 0 Å². The lowest BCUT2D eigenvalue weighted by Gasteiger charge is -2.07. The minimum atomic E-state index is -0.471. The van der Waals surface area contributed by atoms with Crippen molar-refractivity contribution in [2.75, 3.05) is 5.48 Å². The molecule has 3 heterocycles. The Bertz CT molecular complexity index is 1100. The molecule has 8 heteroatoms. The number of hydrogen-bond acceptors (Lipinski definition) is 5. The van der Waals surface area contributed by atoms with Crippen molar-refractivity contribution in [3.63, 3.8) is 0 Å². The molecular formula is C16H12N4O4. The Morgan fingerprint density at radius 2 is 1.88 bits per heavy atom. The van der Waals surface area contributed by atoms with Crippen LogP contribution in [0.15, 0.2) is 12.3 Å². The van der Waals surface area contributed by atoms with E-state index in [1.807, 2.05) is 0 Å². The van der Waals surface area contributed by atoms with E-state index in [0.717, 1.165) is 30.4 Å². The van der Waals surface area contributed by atoms with Crippen molar-refractivity contribution in [3.05, 3.63) is 39.7 Å². The lowest BCUT2D eigenvalue weighted by atomic mass is 9.93. The number of hydrogen-bond donors (Lipinski definition) is 4. The van der Waals surface area contributed by atoms with Crippen molar-refractivity contribution in [1.29, 1.82) is 0 Å². The van der Waals surface area contributed by atoms with E-state index in [9.17, 15) is 20.0 Å². The summed E-state index contributed by atoms with van der Waals surface area (Å²) in [5.41, 5.74) is 5.83. The zero-order valence-corrected chi connectivity index (χ0v) is 12.4. The number of amides is 2. The summed E-state index contributed by atoms with van der Waals surface area (Å²) in [5.74, 6) is -0.866. The molecule has 0 bridgehead atoms. The van der Waals surface area contributed by atoms with Crippen molar-refractivity contribution >= 4 is 39.4 Å². The van der Waals surface area contributed by atoms with Crippen LogP contribution in [0.1, 0.15) is 38.3 Å². The number of aromatic amines is 1. The Morgan fingerprint density at radius 1 is 1.12 bits per heavy atom. The van der Waals surface area contributed by atoms with Crippen LogP contribution in [0.3, 0.4) is 0 Å². The summed E-state index contributed by atoms with van der Waals surface area (Å²) in [4.78, 5) is 27.8. The summed E-state index contributed by atoms with van der Waals surface area (Å²) < 4.78 is 0.651. The van der Waals surface area contributed by atoms with E-state index in [1.165, 1.54) is 12.3 Å². The molecule has 8 nitrogen and oxygen atoms in total. The number of nitrogens with one attached hydrogen (secondary N) is 3. The van der Waals surface area contributed by atoms with Gasteiger partial charge in [0.15, 0.2) is 0 Å². The van der Waals surface area contributed by atoms with Gasteiger partial charge in [-0.3, -0.25) is 25.6 Å². The van der Waals surface area contributed by atoms with Gasteiger partial charge in [-0.05, 0) is 24.8 Å². The molecule has 2 aromatic heterocycles. The van der Waals surface area contributed by atoms with Crippen LogP contribution in [0.25, 0.3) is 21.9 Å². The normalized spacial score (nSPS) is 15.9. The third-order valence-electron chi connectivity index (χ3n) is 4.97. The number of carbonyl (C=O) groups excluding carboxylic acids is 2. The fourth-order valence-electron chi connectivity index (χ4n) is 4.06. The van der Waals surface area contributed by atoms with Crippen molar-refractivity contribution in [2.24, 2.45) is 0 Å². The van der Waals surface area contributed by atoms with Gasteiger partial charge in [-0.2, -0.15) is 0 Å². The van der Waals surface area contributed by atoms with Gasteiger partial charge >= 0.3 is 0 Å². The number of carbonyl (C=O) groups is 2. The molecule has 2 aliphatic rings. The third-order valence-corrected chi connectivity index (χ3v) is 4.97. The van der Waals surface area contributed by atoms with Crippen molar-refractivity contribution < 1.29 is 19.5 Å². The fourth-order valence-corrected chi connectivity index (χ4v) is 4.06. The molecule has 1 aliphatic carbocycles. The summed E-state index contributed by atoms with van der Waals surface area (Å²) in [6, 6.07) is 1.43. The maximum Gasteiger partial charge on any atom is 0.292 e. The Morgan fingerprint density at radius 3 is 2.67 bits per heavy atom. The van der Waals surface area contributed by atoms with Gasteiger partial charge in [-0.25, -0.2) is 9.71 Å². The molecule has 1 aliphatic heterocycles. The monoisotopic (exact) mass is 324 g/mol. The molecule has 0 spiro atoms. The number of benzene rings is 1. The molecule has 3 aromatic rings. The van der Waals surface area contributed by atoms with Gasteiger partial charge in [0.25, 0.3) is 17.5 Å². The van der Waals surface area contributed by atoms with Crippen LogP contribution < -0.4 is 15.5 Å². The van der Waals surface area contributed by atoms with E-state index in [-0.39, 0.29) is 11.2 Å². The summed E-state index contributed by atoms with van der Waals surface area (Å²) >= 11 is 0. The zero-order valence-electron chi connectivity index (χ0n) is 12.4. The molecule has 2 amide bonds. The lowest BCUT2D eigenvalue weighted by Crippen LogP contribution is -2.26. The number of aromatic nitrogens is 2. The van der Waals surface area contributed by atoms with E-state index in [2.05, 4.69) is 15.8 Å². The first-order chi connectivity index (χ1) is 11.6. The van der Waals surface area contributed by atoms with E-state index in [0.29, 0.717) is 32.3 Å². The van der Waals surface area contributed by atoms with Crippen LogP contribution in [0.2, 0.25) is 0 Å². The van der Waals surface area contributed by atoms with Crippen LogP contribution in [-0.2, 0) is 12.8 Å². The quantitative estimate of drug-likeness (QED) is 0.231. The second-order valence-electron chi connectivity index (χ2n) is 6.11. The number of anilines is 1. The number of H-pyrrole nitrogens is 1. The molecule has 1 aromatic carbocycles. The standard InChI is InChI=1S/C16H12N4O4/c21-15-9-6-2-1-3-7(6)13-11(12(9)16(22)18-15)10-8(19-23)4-5-20(24)14(10)17-13/h4-5,17,19,23H,1-3H2,(H,18,21,22). The first kappa shape index (κ1) is 13.3. The predicted molar refractivity (Wildman–Crippen MR) is 84.0 cm³/mol. The minimum absolute atomic E-state index is 0.235. The Hall–Kier alpha value is -3.13. The second kappa shape index (κ2) is 4.24. The first-order valence-corrected chi connectivity index (χ1v) is 7.63. The maximum absolute atomic E-state index is 12.4. The summed E-state index contributed by atoms with van der Waals surface area (Å²) in [6.07, 6.45) is 3.66. The van der Waals surface area contributed by atoms with Gasteiger partial charge in [-0.15, -0.1) is 0 Å². The highest BCUT2D eigenvalue weighted by molar-refractivity contribution is 6.32. The minimum Gasteiger partial charge on any atom is -0.711 e. The Balaban J connectivity index is 2.11. The van der Waals surface area contributed by atoms with Gasteiger partial charge in [0.2, 0.25) is 0 Å². The maximum atomic E-state index is 12.4. The molecule has 5 rings (SSSR count). The summed E-state index contributed by atoms with van der Waals surface area (Å²) in [5, 5.41) is 24.9. The molecule has 0 unspecified atom stereocenters. The largest absolute Gasteiger partial charge is 0.711 e. The molecule has 4 N–H and O–H groups in total. The molecule has 0 radical (unpaired) electrons. The fraction of sp³-hybridized carbons (Fsp3) is 0.188. The van der Waals surface area contributed by atoms with Gasteiger partial charge in [0.05, 0.1) is 28.4 Å².